The molecule has 0 spiro atoms. The molecule has 1 heterocycles. The third kappa shape index (κ3) is 2.24. The van der Waals surface area contributed by atoms with Gasteiger partial charge >= 0.3 is 0 Å². The lowest BCUT2D eigenvalue weighted by atomic mass is 10.00. The molecule has 0 radical (unpaired) electrons. The van der Waals surface area contributed by atoms with Gasteiger partial charge in [0.05, 0.1) is 5.56 Å². The average molecular weight is 305 g/mol. The minimum absolute atomic E-state index is 0.0201. The summed E-state index contributed by atoms with van der Waals surface area (Å²) in [6.45, 7) is 1.40. The zero-order chi connectivity index (χ0) is 11.7. The number of carbonyl (C=O) groups is 1. The maximum atomic E-state index is 12.0. The van der Waals surface area contributed by atoms with Crippen molar-refractivity contribution < 1.29 is 9.90 Å². The number of likely N-dealkylation sites (tertiary alicyclic amines) is 1. The van der Waals surface area contributed by atoms with E-state index in [1.54, 1.807) is 23.1 Å². The number of rotatable bonds is 2. The van der Waals surface area contributed by atoms with Crippen molar-refractivity contribution in [3.05, 3.63) is 33.3 Å². The molecule has 0 bridgehead atoms. The molecule has 2 rings (SSSR count). The molecule has 0 saturated carbocycles. The highest BCUT2D eigenvalue weighted by Crippen LogP contribution is 2.25. The van der Waals surface area contributed by atoms with Crippen LogP contribution in [-0.2, 0) is 0 Å². The minimum Gasteiger partial charge on any atom is -0.396 e. The lowest BCUT2D eigenvalue weighted by Crippen LogP contribution is -2.51. The van der Waals surface area contributed by atoms with E-state index in [1.165, 1.54) is 0 Å². The summed E-state index contributed by atoms with van der Waals surface area (Å²) in [5, 5.41) is 9.48. The van der Waals surface area contributed by atoms with E-state index in [9.17, 15) is 4.79 Å². The summed E-state index contributed by atoms with van der Waals surface area (Å²) in [6, 6.07) is 5.11. The van der Waals surface area contributed by atoms with Gasteiger partial charge in [-0.25, -0.2) is 0 Å². The van der Waals surface area contributed by atoms with Gasteiger partial charge in [0, 0.05) is 35.1 Å². The van der Waals surface area contributed by atoms with Crippen molar-refractivity contribution in [1.82, 2.24) is 4.90 Å². The van der Waals surface area contributed by atoms with Crippen LogP contribution in [0.15, 0.2) is 22.7 Å². The topological polar surface area (TPSA) is 40.5 Å². The minimum atomic E-state index is -0.0201. The summed E-state index contributed by atoms with van der Waals surface area (Å²) in [4.78, 5) is 13.7. The molecule has 0 unspecified atom stereocenters. The number of nitrogens with zero attached hydrogens (tertiary/aromatic N) is 1. The molecular weight excluding hydrogens is 293 g/mol. The zero-order valence-corrected chi connectivity index (χ0v) is 10.8. The monoisotopic (exact) mass is 303 g/mol. The van der Waals surface area contributed by atoms with Crippen molar-refractivity contribution in [3.63, 3.8) is 0 Å². The van der Waals surface area contributed by atoms with Gasteiger partial charge in [-0.2, -0.15) is 0 Å². The predicted octanol–water partition coefficient (Wildman–Crippen LogP) is 2.17. The molecule has 1 N–H and O–H groups in total. The first-order valence-corrected chi connectivity index (χ1v) is 6.14. The highest BCUT2D eigenvalue weighted by atomic mass is 79.9. The molecule has 0 aromatic heterocycles. The van der Waals surface area contributed by atoms with Gasteiger partial charge in [0.1, 0.15) is 0 Å². The van der Waals surface area contributed by atoms with Gasteiger partial charge in [0.15, 0.2) is 0 Å². The van der Waals surface area contributed by atoms with Gasteiger partial charge in [0.25, 0.3) is 5.91 Å². The van der Waals surface area contributed by atoms with Gasteiger partial charge in [-0.1, -0.05) is 11.6 Å². The third-order valence-electron chi connectivity index (χ3n) is 2.66. The van der Waals surface area contributed by atoms with Crippen molar-refractivity contribution in [2.75, 3.05) is 19.7 Å². The maximum absolute atomic E-state index is 12.0. The standard InChI is InChI=1S/C11H11BrClNO2/c12-10-3-8(13)1-2-9(10)11(16)14-4-7(5-14)6-15/h1-3,7,15H,4-6H2. The number of amides is 1. The van der Waals surface area contributed by atoms with Crippen molar-refractivity contribution in [2.24, 2.45) is 5.92 Å². The summed E-state index contributed by atoms with van der Waals surface area (Å²) in [5.74, 6) is 0.211. The smallest absolute Gasteiger partial charge is 0.255 e. The fourth-order valence-electron chi connectivity index (χ4n) is 1.68. The fourth-order valence-corrected chi connectivity index (χ4v) is 2.54. The average Bonchev–Trinajstić information content (AvgIpc) is 2.15. The van der Waals surface area contributed by atoms with Crippen molar-refractivity contribution in [2.45, 2.75) is 0 Å². The highest BCUT2D eigenvalue weighted by Gasteiger charge is 2.31. The SMILES string of the molecule is O=C(c1ccc(Cl)cc1Br)N1CC(CO)C1. The van der Waals surface area contributed by atoms with Gasteiger partial charge in [0.2, 0.25) is 0 Å². The van der Waals surface area contributed by atoms with E-state index in [0.29, 0.717) is 28.1 Å². The number of benzene rings is 1. The molecule has 1 aromatic carbocycles. The quantitative estimate of drug-likeness (QED) is 0.909. The molecule has 86 valence electrons. The highest BCUT2D eigenvalue weighted by molar-refractivity contribution is 9.10. The number of aliphatic hydroxyl groups excluding tert-OH is 1. The van der Waals surface area contributed by atoms with Crippen LogP contribution >= 0.6 is 27.5 Å². The van der Waals surface area contributed by atoms with Gasteiger partial charge in [-0.15, -0.1) is 0 Å². The molecule has 1 aliphatic rings. The zero-order valence-electron chi connectivity index (χ0n) is 8.49. The van der Waals surface area contributed by atoms with Gasteiger partial charge in [-0.3, -0.25) is 4.79 Å². The Bertz CT molecular complexity index is 418. The van der Waals surface area contributed by atoms with Crippen LogP contribution < -0.4 is 0 Å². The molecule has 16 heavy (non-hydrogen) atoms. The second-order valence-electron chi connectivity index (χ2n) is 3.88. The lowest BCUT2D eigenvalue weighted by Gasteiger charge is -2.38. The number of halogens is 2. The summed E-state index contributed by atoms with van der Waals surface area (Å²) < 4.78 is 0.706. The normalized spacial score (nSPS) is 16.1. The molecule has 1 saturated heterocycles. The van der Waals surface area contributed by atoms with Crippen LogP contribution in [0.3, 0.4) is 0 Å². The van der Waals surface area contributed by atoms with Gasteiger partial charge < -0.3 is 10.0 Å². The Labute approximate surface area is 107 Å². The number of aliphatic hydroxyl groups is 1. The van der Waals surface area contributed by atoms with Crippen LogP contribution in [0, 0.1) is 5.92 Å². The van der Waals surface area contributed by atoms with E-state index < -0.39 is 0 Å². The number of hydrogen-bond donors (Lipinski definition) is 1. The Balaban J connectivity index is 2.10. The van der Waals surface area contributed by atoms with Crippen molar-refractivity contribution in [3.8, 4) is 0 Å². The number of hydrogen-bond acceptors (Lipinski definition) is 2. The predicted molar refractivity (Wildman–Crippen MR) is 65.6 cm³/mol. The first-order valence-electron chi connectivity index (χ1n) is 4.97. The van der Waals surface area contributed by atoms with Crippen LogP contribution in [0.5, 0.6) is 0 Å². The van der Waals surface area contributed by atoms with Gasteiger partial charge in [-0.05, 0) is 34.1 Å². The lowest BCUT2D eigenvalue weighted by molar-refractivity contribution is 0.0361. The van der Waals surface area contributed by atoms with Crippen LogP contribution in [0.2, 0.25) is 5.02 Å². The molecule has 0 aliphatic carbocycles. The van der Waals surface area contributed by atoms with Crippen molar-refractivity contribution >= 4 is 33.4 Å². The molecule has 1 fully saturated rings. The van der Waals surface area contributed by atoms with E-state index in [-0.39, 0.29) is 18.4 Å². The second-order valence-corrected chi connectivity index (χ2v) is 5.17. The Kier molecular flexibility index (Phi) is 3.52. The molecule has 1 aromatic rings. The van der Waals surface area contributed by atoms with E-state index in [2.05, 4.69) is 15.9 Å². The fraction of sp³-hybridized carbons (Fsp3) is 0.364. The summed E-state index contributed by atoms with van der Waals surface area (Å²) >= 11 is 9.13. The van der Waals surface area contributed by atoms with Crippen LogP contribution in [-0.4, -0.2) is 35.6 Å². The Morgan fingerprint density at radius 2 is 2.25 bits per heavy atom. The van der Waals surface area contributed by atoms with E-state index in [4.69, 9.17) is 16.7 Å². The molecule has 0 atom stereocenters. The maximum Gasteiger partial charge on any atom is 0.255 e. The molecule has 1 amide bonds. The Morgan fingerprint density at radius 1 is 1.56 bits per heavy atom. The van der Waals surface area contributed by atoms with E-state index in [0.717, 1.165) is 0 Å². The Hall–Kier alpha value is -0.580. The molecule has 3 nitrogen and oxygen atoms in total. The number of carbonyl (C=O) groups excluding carboxylic acids is 1. The Morgan fingerprint density at radius 3 is 2.81 bits per heavy atom. The van der Waals surface area contributed by atoms with Crippen molar-refractivity contribution in [1.29, 1.82) is 0 Å². The van der Waals surface area contributed by atoms with Crippen LogP contribution in [0.25, 0.3) is 0 Å². The van der Waals surface area contributed by atoms with E-state index in [1.807, 2.05) is 0 Å². The molecular formula is C11H11BrClNO2. The third-order valence-corrected chi connectivity index (χ3v) is 3.56. The largest absolute Gasteiger partial charge is 0.396 e. The molecule has 1 aliphatic heterocycles. The first-order chi connectivity index (χ1) is 7.61. The van der Waals surface area contributed by atoms with E-state index >= 15 is 0 Å². The van der Waals surface area contributed by atoms with Crippen LogP contribution in [0.1, 0.15) is 10.4 Å². The molecule has 5 heteroatoms. The van der Waals surface area contributed by atoms with Crippen LogP contribution in [0.4, 0.5) is 0 Å². The summed E-state index contributed by atoms with van der Waals surface area (Å²) in [7, 11) is 0. The summed E-state index contributed by atoms with van der Waals surface area (Å²) in [6.07, 6.45) is 0. The summed E-state index contributed by atoms with van der Waals surface area (Å²) in [5.41, 5.74) is 0.612. The first kappa shape index (κ1) is 11.9. The second kappa shape index (κ2) is 4.73.